The van der Waals surface area contributed by atoms with Gasteiger partial charge < -0.3 is 15.4 Å². The number of amides is 2. The number of nitrogens with one attached hydrogen (secondary N) is 2. The molecule has 1 aliphatic heterocycles. The van der Waals surface area contributed by atoms with E-state index < -0.39 is 6.04 Å². The number of rotatable bonds is 6. The third-order valence-corrected chi connectivity index (χ3v) is 4.92. The maximum absolute atomic E-state index is 12.3. The van der Waals surface area contributed by atoms with Gasteiger partial charge in [0.2, 0.25) is 11.8 Å². The standard InChI is InChI=1S/C19H26N2O3/c1-2-16(21-19(23)17-11-12-18(22)20-17)13-7-9-15(10-8-13)24-14-5-3-4-6-14/h7-10,14,16-17H,2-6,11-12H2,1H3,(H,20,22)(H,21,23)/t16-,17+/m1/s1. The van der Waals surface area contributed by atoms with Crippen molar-refractivity contribution in [1.29, 1.82) is 0 Å². The van der Waals surface area contributed by atoms with Gasteiger partial charge in [-0.05, 0) is 56.2 Å². The van der Waals surface area contributed by atoms with Gasteiger partial charge in [-0.3, -0.25) is 9.59 Å². The molecule has 5 nitrogen and oxygen atoms in total. The Hall–Kier alpha value is -2.04. The van der Waals surface area contributed by atoms with Crippen molar-refractivity contribution in [2.45, 2.75) is 70.1 Å². The van der Waals surface area contributed by atoms with Gasteiger partial charge in [-0.15, -0.1) is 0 Å². The van der Waals surface area contributed by atoms with E-state index >= 15 is 0 Å². The van der Waals surface area contributed by atoms with E-state index in [0.29, 0.717) is 18.9 Å². The molecular formula is C19H26N2O3. The number of hydrogen-bond acceptors (Lipinski definition) is 3. The summed E-state index contributed by atoms with van der Waals surface area (Å²) in [5, 5.41) is 5.76. The lowest BCUT2D eigenvalue weighted by molar-refractivity contribution is -0.126. The number of carbonyl (C=O) groups excluding carboxylic acids is 2. The van der Waals surface area contributed by atoms with Crippen LogP contribution in [0, 0.1) is 0 Å². The van der Waals surface area contributed by atoms with E-state index in [4.69, 9.17) is 4.74 Å². The van der Waals surface area contributed by atoms with Crippen LogP contribution in [0.3, 0.4) is 0 Å². The van der Waals surface area contributed by atoms with Gasteiger partial charge in [0, 0.05) is 6.42 Å². The highest BCUT2D eigenvalue weighted by Gasteiger charge is 2.28. The quantitative estimate of drug-likeness (QED) is 0.843. The van der Waals surface area contributed by atoms with E-state index in [-0.39, 0.29) is 17.9 Å². The van der Waals surface area contributed by atoms with E-state index in [2.05, 4.69) is 10.6 Å². The topological polar surface area (TPSA) is 67.4 Å². The Labute approximate surface area is 143 Å². The molecule has 1 aliphatic carbocycles. The SMILES string of the molecule is CC[C@@H](NC(=O)[C@@H]1CCC(=O)N1)c1ccc(OC2CCCC2)cc1. The van der Waals surface area contributed by atoms with Crippen molar-refractivity contribution < 1.29 is 14.3 Å². The second-order valence-electron chi connectivity index (χ2n) is 6.72. The second-order valence-corrected chi connectivity index (χ2v) is 6.72. The van der Waals surface area contributed by atoms with Gasteiger partial charge in [-0.25, -0.2) is 0 Å². The van der Waals surface area contributed by atoms with Gasteiger partial charge in [0.1, 0.15) is 11.8 Å². The number of hydrogen-bond donors (Lipinski definition) is 2. The summed E-state index contributed by atoms with van der Waals surface area (Å²) in [4.78, 5) is 23.5. The van der Waals surface area contributed by atoms with Crippen molar-refractivity contribution in [3.8, 4) is 5.75 Å². The third-order valence-electron chi connectivity index (χ3n) is 4.92. The van der Waals surface area contributed by atoms with Crippen molar-refractivity contribution in [2.75, 3.05) is 0 Å². The second kappa shape index (κ2) is 7.69. The Bertz CT molecular complexity index is 579. The van der Waals surface area contributed by atoms with Crippen LogP contribution in [0.1, 0.15) is 63.5 Å². The zero-order valence-electron chi connectivity index (χ0n) is 14.2. The minimum atomic E-state index is -0.392. The molecule has 2 aliphatic rings. The highest BCUT2D eigenvalue weighted by molar-refractivity contribution is 5.90. The molecule has 24 heavy (non-hydrogen) atoms. The molecule has 1 heterocycles. The van der Waals surface area contributed by atoms with Crippen LogP contribution in [-0.2, 0) is 9.59 Å². The van der Waals surface area contributed by atoms with Crippen molar-refractivity contribution >= 4 is 11.8 Å². The van der Waals surface area contributed by atoms with Gasteiger partial charge in [0.25, 0.3) is 0 Å². The van der Waals surface area contributed by atoms with Crippen LogP contribution >= 0.6 is 0 Å². The highest BCUT2D eigenvalue weighted by Crippen LogP contribution is 2.26. The summed E-state index contributed by atoms with van der Waals surface area (Å²) >= 11 is 0. The molecule has 3 rings (SSSR count). The number of carbonyl (C=O) groups is 2. The molecule has 1 saturated carbocycles. The predicted octanol–water partition coefficient (Wildman–Crippen LogP) is 2.85. The monoisotopic (exact) mass is 330 g/mol. The fourth-order valence-corrected chi connectivity index (χ4v) is 3.48. The molecule has 2 amide bonds. The molecule has 0 radical (unpaired) electrons. The minimum absolute atomic E-state index is 0.0448. The summed E-state index contributed by atoms with van der Waals surface area (Å²) < 4.78 is 5.98. The Morgan fingerprint density at radius 2 is 1.96 bits per heavy atom. The van der Waals surface area contributed by atoms with Crippen LogP contribution < -0.4 is 15.4 Å². The van der Waals surface area contributed by atoms with E-state index in [1.165, 1.54) is 12.8 Å². The van der Waals surface area contributed by atoms with Crippen molar-refractivity contribution in [3.63, 3.8) is 0 Å². The van der Waals surface area contributed by atoms with Crippen LogP contribution in [0.25, 0.3) is 0 Å². The molecule has 130 valence electrons. The summed E-state index contributed by atoms with van der Waals surface area (Å²) in [5.41, 5.74) is 1.06. The smallest absolute Gasteiger partial charge is 0.243 e. The Balaban J connectivity index is 1.58. The molecule has 1 aromatic rings. The maximum atomic E-state index is 12.3. The van der Waals surface area contributed by atoms with Crippen LogP contribution in [-0.4, -0.2) is 24.0 Å². The van der Waals surface area contributed by atoms with Crippen LogP contribution in [0.4, 0.5) is 0 Å². The zero-order chi connectivity index (χ0) is 16.9. The molecule has 0 bridgehead atoms. The molecule has 1 aromatic carbocycles. The van der Waals surface area contributed by atoms with E-state index in [9.17, 15) is 9.59 Å². The summed E-state index contributed by atoms with van der Waals surface area (Å²) in [7, 11) is 0. The Kier molecular flexibility index (Phi) is 5.38. The predicted molar refractivity (Wildman–Crippen MR) is 91.7 cm³/mol. The third kappa shape index (κ3) is 4.08. The summed E-state index contributed by atoms with van der Waals surface area (Å²) in [6, 6.07) is 7.57. The van der Waals surface area contributed by atoms with Crippen molar-refractivity contribution in [2.24, 2.45) is 0 Å². The Morgan fingerprint density at radius 3 is 2.54 bits per heavy atom. The van der Waals surface area contributed by atoms with Gasteiger partial charge in [0.15, 0.2) is 0 Å². The molecule has 1 saturated heterocycles. The molecule has 2 N–H and O–H groups in total. The van der Waals surface area contributed by atoms with Gasteiger partial charge in [-0.1, -0.05) is 19.1 Å². The van der Waals surface area contributed by atoms with E-state index in [1.807, 2.05) is 31.2 Å². The molecule has 0 spiro atoms. The van der Waals surface area contributed by atoms with Crippen LogP contribution in [0.15, 0.2) is 24.3 Å². The maximum Gasteiger partial charge on any atom is 0.243 e. The average molecular weight is 330 g/mol. The normalized spacial score (nSPS) is 22.2. The summed E-state index contributed by atoms with van der Waals surface area (Å²) in [5.74, 6) is 0.755. The highest BCUT2D eigenvalue weighted by atomic mass is 16.5. The first-order valence-corrected chi connectivity index (χ1v) is 9.02. The first kappa shape index (κ1) is 16.8. The molecule has 5 heteroatoms. The van der Waals surface area contributed by atoms with Crippen LogP contribution in [0.2, 0.25) is 0 Å². The van der Waals surface area contributed by atoms with Crippen molar-refractivity contribution in [3.05, 3.63) is 29.8 Å². The van der Waals surface area contributed by atoms with Gasteiger partial charge >= 0.3 is 0 Å². The van der Waals surface area contributed by atoms with Gasteiger partial charge in [0.05, 0.1) is 12.1 Å². The lowest BCUT2D eigenvalue weighted by Crippen LogP contribution is -2.42. The largest absolute Gasteiger partial charge is 0.490 e. The average Bonchev–Trinajstić information content (AvgIpc) is 3.25. The summed E-state index contributed by atoms with van der Waals surface area (Å²) in [6.07, 6.45) is 6.95. The minimum Gasteiger partial charge on any atom is -0.490 e. The lowest BCUT2D eigenvalue weighted by Gasteiger charge is -2.20. The number of benzene rings is 1. The van der Waals surface area contributed by atoms with Crippen LogP contribution in [0.5, 0.6) is 5.75 Å². The van der Waals surface area contributed by atoms with E-state index in [0.717, 1.165) is 30.6 Å². The molecule has 0 aromatic heterocycles. The van der Waals surface area contributed by atoms with E-state index in [1.54, 1.807) is 0 Å². The fraction of sp³-hybridized carbons (Fsp3) is 0.579. The lowest BCUT2D eigenvalue weighted by atomic mass is 10.0. The molecular weight excluding hydrogens is 304 g/mol. The zero-order valence-corrected chi connectivity index (χ0v) is 14.2. The summed E-state index contributed by atoms with van der Waals surface area (Å²) in [6.45, 7) is 2.04. The van der Waals surface area contributed by atoms with Crippen molar-refractivity contribution in [1.82, 2.24) is 10.6 Å². The first-order chi connectivity index (χ1) is 11.7. The first-order valence-electron chi connectivity index (χ1n) is 9.02. The molecule has 2 atom stereocenters. The molecule has 2 fully saturated rings. The number of ether oxygens (including phenoxy) is 1. The Morgan fingerprint density at radius 1 is 1.25 bits per heavy atom. The fourth-order valence-electron chi connectivity index (χ4n) is 3.48. The van der Waals surface area contributed by atoms with Gasteiger partial charge in [-0.2, -0.15) is 0 Å². The molecule has 0 unspecified atom stereocenters.